The van der Waals surface area contributed by atoms with Gasteiger partial charge in [-0.15, -0.1) is 0 Å². The van der Waals surface area contributed by atoms with Gasteiger partial charge in [0.25, 0.3) is 5.91 Å². The van der Waals surface area contributed by atoms with E-state index in [1.807, 2.05) is 0 Å². The molecule has 0 aromatic carbocycles. The third-order valence-electron chi connectivity index (χ3n) is 2.34. The number of aliphatic imine (C=N–C) groups is 1. The number of carbonyl (C=O) groups is 1. The van der Waals surface area contributed by atoms with Crippen LogP contribution < -0.4 is 5.32 Å². The summed E-state index contributed by atoms with van der Waals surface area (Å²) >= 11 is 0. The van der Waals surface area contributed by atoms with Gasteiger partial charge in [0.05, 0.1) is 0 Å². The van der Waals surface area contributed by atoms with Crippen LogP contribution >= 0.6 is 0 Å². The molecule has 1 unspecified atom stereocenters. The molecule has 0 bridgehead atoms. The molecule has 1 atom stereocenters. The van der Waals surface area contributed by atoms with Crippen LogP contribution in [0, 0.1) is 0 Å². The predicted molar refractivity (Wildman–Crippen MR) is 55.4 cm³/mol. The van der Waals surface area contributed by atoms with Gasteiger partial charge in [0.15, 0.2) is 0 Å². The molecule has 0 saturated carbocycles. The number of amidine groups is 1. The average Bonchev–Trinajstić information content (AvgIpc) is 2.37. The Morgan fingerprint density at radius 1 is 1.57 bits per heavy atom. The standard InChI is InChI=1S/C10H18N2O2/c1-5-6-7(14-4)8-11-9(13)10(2,3)12-8/h7H,5-6H2,1-4H3,(H,11,12,13). The molecular formula is C10H18N2O2. The number of hydrogen-bond donors (Lipinski definition) is 1. The van der Waals surface area contributed by atoms with Crippen molar-refractivity contribution < 1.29 is 9.53 Å². The predicted octanol–water partition coefficient (Wildman–Crippen LogP) is 1.11. The van der Waals surface area contributed by atoms with Gasteiger partial charge in [-0.1, -0.05) is 13.3 Å². The van der Waals surface area contributed by atoms with Gasteiger partial charge < -0.3 is 10.1 Å². The molecule has 1 amide bonds. The second-order valence-corrected chi connectivity index (χ2v) is 4.02. The minimum Gasteiger partial charge on any atom is -0.374 e. The highest BCUT2D eigenvalue weighted by atomic mass is 16.5. The van der Waals surface area contributed by atoms with E-state index in [0.717, 1.165) is 12.8 Å². The molecule has 14 heavy (non-hydrogen) atoms. The number of hydrogen-bond acceptors (Lipinski definition) is 3. The number of nitrogens with one attached hydrogen (secondary N) is 1. The molecule has 0 radical (unpaired) electrons. The lowest BCUT2D eigenvalue weighted by atomic mass is 10.1. The van der Waals surface area contributed by atoms with E-state index in [4.69, 9.17) is 4.74 Å². The lowest BCUT2D eigenvalue weighted by molar-refractivity contribution is -0.122. The van der Waals surface area contributed by atoms with Crippen LogP contribution in [0.25, 0.3) is 0 Å². The molecule has 4 nitrogen and oxygen atoms in total. The summed E-state index contributed by atoms with van der Waals surface area (Å²) in [6.07, 6.45) is 1.81. The number of carbonyl (C=O) groups excluding carboxylic acids is 1. The van der Waals surface area contributed by atoms with Gasteiger partial charge in [-0.05, 0) is 20.3 Å². The normalized spacial score (nSPS) is 21.7. The molecule has 1 N–H and O–H groups in total. The Hall–Kier alpha value is -0.900. The van der Waals surface area contributed by atoms with E-state index in [2.05, 4.69) is 17.2 Å². The smallest absolute Gasteiger partial charge is 0.252 e. The van der Waals surface area contributed by atoms with Crippen molar-refractivity contribution in [3.63, 3.8) is 0 Å². The van der Waals surface area contributed by atoms with Crippen molar-refractivity contribution in [1.29, 1.82) is 0 Å². The maximum absolute atomic E-state index is 11.4. The first-order chi connectivity index (χ1) is 6.51. The molecule has 1 heterocycles. The monoisotopic (exact) mass is 198 g/mol. The second kappa shape index (κ2) is 4.09. The summed E-state index contributed by atoms with van der Waals surface area (Å²) in [7, 11) is 1.64. The van der Waals surface area contributed by atoms with Crippen molar-refractivity contribution in [3.8, 4) is 0 Å². The first-order valence-electron chi connectivity index (χ1n) is 4.95. The summed E-state index contributed by atoms with van der Waals surface area (Å²) in [5, 5.41) is 2.77. The molecule has 0 spiro atoms. The third kappa shape index (κ3) is 2.12. The van der Waals surface area contributed by atoms with Gasteiger partial charge in [-0.2, -0.15) is 0 Å². The Balaban J connectivity index is 2.74. The van der Waals surface area contributed by atoms with Gasteiger partial charge >= 0.3 is 0 Å². The fourth-order valence-electron chi connectivity index (χ4n) is 1.43. The van der Waals surface area contributed by atoms with E-state index in [1.54, 1.807) is 21.0 Å². The van der Waals surface area contributed by atoms with Crippen molar-refractivity contribution in [2.24, 2.45) is 4.99 Å². The molecule has 4 heteroatoms. The summed E-state index contributed by atoms with van der Waals surface area (Å²) < 4.78 is 5.27. The fraction of sp³-hybridized carbons (Fsp3) is 0.800. The Morgan fingerprint density at radius 2 is 2.21 bits per heavy atom. The highest BCUT2D eigenvalue weighted by Gasteiger charge is 2.36. The van der Waals surface area contributed by atoms with E-state index >= 15 is 0 Å². The van der Waals surface area contributed by atoms with Crippen molar-refractivity contribution in [3.05, 3.63) is 0 Å². The largest absolute Gasteiger partial charge is 0.374 e. The topological polar surface area (TPSA) is 50.7 Å². The Labute approximate surface area is 84.7 Å². The molecule has 0 fully saturated rings. The number of amides is 1. The molecule has 0 aliphatic carbocycles. The van der Waals surface area contributed by atoms with Gasteiger partial charge in [-0.25, -0.2) is 0 Å². The van der Waals surface area contributed by atoms with E-state index in [9.17, 15) is 4.79 Å². The first-order valence-corrected chi connectivity index (χ1v) is 4.95. The maximum Gasteiger partial charge on any atom is 0.252 e. The number of methoxy groups -OCH3 is 1. The van der Waals surface area contributed by atoms with Crippen molar-refractivity contribution >= 4 is 11.7 Å². The third-order valence-corrected chi connectivity index (χ3v) is 2.34. The van der Waals surface area contributed by atoms with Crippen LogP contribution in [0.3, 0.4) is 0 Å². The summed E-state index contributed by atoms with van der Waals surface area (Å²) in [6.45, 7) is 5.68. The lowest BCUT2D eigenvalue weighted by Crippen LogP contribution is -2.38. The Morgan fingerprint density at radius 3 is 2.57 bits per heavy atom. The van der Waals surface area contributed by atoms with E-state index < -0.39 is 5.54 Å². The fourth-order valence-corrected chi connectivity index (χ4v) is 1.43. The lowest BCUT2D eigenvalue weighted by Gasteiger charge is -2.13. The van der Waals surface area contributed by atoms with Crippen LogP contribution in [0.5, 0.6) is 0 Å². The molecule has 0 aromatic rings. The van der Waals surface area contributed by atoms with Gasteiger partial charge in [0.1, 0.15) is 17.5 Å². The zero-order valence-electron chi connectivity index (χ0n) is 9.26. The summed E-state index contributed by atoms with van der Waals surface area (Å²) in [4.78, 5) is 15.8. The minimum absolute atomic E-state index is 0.0503. The molecule has 80 valence electrons. The average molecular weight is 198 g/mol. The van der Waals surface area contributed by atoms with E-state index in [0.29, 0.717) is 5.84 Å². The maximum atomic E-state index is 11.4. The highest BCUT2D eigenvalue weighted by molar-refractivity contribution is 6.09. The highest BCUT2D eigenvalue weighted by Crippen LogP contribution is 2.17. The van der Waals surface area contributed by atoms with Crippen LogP contribution in [-0.4, -0.2) is 30.5 Å². The zero-order valence-corrected chi connectivity index (χ0v) is 9.26. The van der Waals surface area contributed by atoms with Crippen LogP contribution in [0.1, 0.15) is 33.6 Å². The van der Waals surface area contributed by atoms with E-state index in [1.165, 1.54) is 0 Å². The zero-order chi connectivity index (χ0) is 10.8. The SMILES string of the molecule is CCCC(OC)C1=NC(C)(C)C(=O)N1. The second-order valence-electron chi connectivity index (χ2n) is 4.02. The Bertz CT molecular complexity index is 259. The van der Waals surface area contributed by atoms with Gasteiger partial charge in [0.2, 0.25) is 0 Å². The quantitative estimate of drug-likeness (QED) is 0.735. The molecule has 1 rings (SSSR count). The summed E-state index contributed by atoms with van der Waals surface area (Å²) in [5.41, 5.74) is -0.639. The molecule has 1 aliphatic heterocycles. The molecule has 0 aromatic heterocycles. The van der Waals surface area contributed by atoms with Crippen molar-refractivity contribution in [1.82, 2.24) is 5.32 Å². The minimum atomic E-state index is -0.639. The first kappa shape index (κ1) is 11.2. The number of rotatable bonds is 4. The molecule has 0 saturated heterocycles. The Kier molecular flexibility index (Phi) is 3.26. The number of nitrogens with zero attached hydrogens (tertiary/aromatic N) is 1. The van der Waals surface area contributed by atoms with Gasteiger partial charge in [0, 0.05) is 7.11 Å². The van der Waals surface area contributed by atoms with Crippen molar-refractivity contribution in [2.45, 2.75) is 45.3 Å². The molecular weight excluding hydrogens is 180 g/mol. The van der Waals surface area contributed by atoms with Gasteiger partial charge in [-0.3, -0.25) is 9.79 Å². The van der Waals surface area contributed by atoms with Crippen LogP contribution in [-0.2, 0) is 9.53 Å². The van der Waals surface area contributed by atoms with E-state index in [-0.39, 0.29) is 12.0 Å². The van der Waals surface area contributed by atoms with Crippen LogP contribution in [0.4, 0.5) is 0 Å². The van der Waals surface area contributed by atoms with Crippen LogP contribution in [0.15, 0.2) is 4.99 Å². The summed E-state index contributed by atoms with van der Waals surface area (Å²) in [6, 6.07) is 0. The van der Waals surface area contributed by atoms with Crippen LogP contribution in [0.2, 0.25) is 0 Å². The number of ether oxygens (including phenoxy) is 1. The molecule has 1 aliphatic rings. The summed E-state index contributed by atoms with van der Waals surface area (Å²) in [5.74, 6) is 0.620. The van der Waals surface area contributed by atoms with Crippen molar-refractivity contribution in [2.75, 3.05) is 7.11 Å².